The Morgan fingerprint density at radius 2 is 1.78 bits per heavy atom. The van der Waals surface area contributed by atoms with E-state index in [-0.39, 0.29) is 19.1 Å². The molecule has 0 spiro atoms. The fraction of sp³-hybridized carbons (Fsp3) is 0.154. The standard InChI is InChI=1S/C26H19F3N2O5/c1-33-22-12-16(7-9-20(22)34-14-17-8-10-21-23(13-17)36-15-35-21)11-19-24(26(27,28)29)30-31(25(19)32)18-5-3-2-4-6-18/h2-13H,14-15H2,1H3/b19-11-. The molecule has 0 saturated carbocycles. The molecule has 2 aliphatic heterocycles. The number of ether oxygens (including phenoxy) is 4. The summed E-state index contributed by atoms with van der Waals surface area (Å²) in [5.74, 6) is 1.07. The number of hydrogen-bond donors (Lipinski definition) is 0. The fourth-order valence-corrected chi connectivity index (χ4v) is 3.75. The summed E-state index contributed by atoms with van der Waals surface area (Å²) in [7, 11) is 1.42. The van der Waals surface area contributed by atoms with Crippen LogP contribution in [0.2, 0.25) is 0 Å². The molecule has 36 heavy (non-hydrogen) atoms. The summed E-state index contributed by atoms with van der Waals surface area (Å²) in [5, 5.41) is 4.31. The topological polar surface area (TPSA) is 69.6 Å². The van der Waals surface area contributed by atoms with Crippen LogP contribution in [0.5, 0.6) is 23.0 Å². The second kappa shape index (κ2) is 9.29. The van der Waals surface area contributed by atoms with E-state index in [1.165, 1.54) is 31.4 Å². The maximum atomic E-state index is 13.7. The molecule has 2 heterocycles. The first-order valence-corrected chi connectivity index (χ1v) is 10.8. The molecule has 0 N–H and O–H groups in total. The number of fused-ring (bicyclic) bond motifs is 1. The zero-order chi connectivity index (χ0) is 25.3. The predicted octanol–water partition coefficient (Wildman–Crippen LogP) is 5.35. The molecular formula is C26H19F3N2O5. The van der Waals surface area contributed by atoms with Crippen LogP contribution in [0.15, 0.2) is 77.4 Å². The van der Waals surface area contributed by atoms with Crippen molar-refractivity contribution in [2.75, 3.05) is 18.9 Å². The van der Waals surface area contributed by atoms with Gasteiger partial charge in [-0.05, 0) is 53.6 Å². The number of para-hydroxylation sites is 1. The van der Waals surface area contributed by atoms with Crippen molar-refractivity contribution >= 4 is 23.4 Å². The van der Waals surface area contributed by atoms with Crippen molar-refractivity contribution in [2.45, 2.75) is 12.8 Å². The Morgan fingerprint density at radius 3 is 2.53 bits per heavy atom. The van der Waals surface area contributed by atoms with E-state index < -0.39 is 23.4 Å². The highest BCUT2D eigenvalue weighted by Crippen LogP contribution is 2.36. The number of methoxy groups -OCH3 is 1. The van der Waals surface area contributed by atoms with Crippen LogP contribution in [0, 0.1) is 0 Å². The molecule has 5 rings (SSSR count). The lowest BCUT2D eigenvalue weighted by atomic mass is 10.1. The molecule has 7 nitrogen and oxygen atoms in total. The van der Waals surface area contributed by atoms with Gasteiger partial charge in [0.2, 0.25) is 6.79 Å². The molecule has 3 aromatic carbocycles. The molecule has 184 valence electrons. The first-order chi connectivity index (χ1) is 17.3. The minimum Gasteiger partial charge on any atom is -0.493 e. The number of anilines is 1. The van der Waals surface area contributed by atoms with Gasteiger partial charge in [-0.25, -0.2) is 0 Å². The molecule has 0 aromatic heterocycles. The number of alkyl halides is 3. The summed E-state index contributed by atoms with van der Waals surface area (Å²) < 4.78 is 63.0. The summed E-state index contributed by atoms with van der Waals surface area (Å²) >= 11 is 0. The van der Waals surface area contributed by atoms with Crippen molar-refractivity contribution in [3.8, 4) is 23.0 Å². The first kappa shape index (κ1) is 23.3. The molecule has 2 aliphatic rings. The van der Waals surface area contributed by atoms with Crippen molar-refractivity contribution < 1.29 is 36.9 Å². The van der Waals surface area contributed by atoms with E-state index in [0.717, 1.165) is 16.6 Å². The van der Waals surface area contributed by atoms with Gasteiger partial charge in [-0.3, -0.25) is 4.79 Å². The lowest BCUT2D eigenvalue weighted by molar-refractivity contribution is -0.114. The van der Waals surface area contributed by atoms with Crippen LogP contribution in [0.25, 0.3) is 6.08 Å². The second-order valence-corrected chi connectivity index (χ2v) is 7.84. The molecule has 0 fully saturated rings. The van der Waals surface area contributed by atoms with Crippen LogP contribution in [0.4, 0.5) is 18.9 Å². The number of carbonyl (C=O) groups excluding carboxylic acids is 1. The number of hydrazone groups is 1. The summed E-state index contributed by atoms with van der Waals surface area (Å²) in [6, 6.07) is 17.9. The van der Waals surface area contributed by atoms with E-state index in [1.807, 2.05) is 6.07 Å². The number of rotatable bonds is 6. The van der Waals surface area contributed by atoms with Gasteiger partial charge >= 0.3 is 6.18 Å². The average Bonchev–Trinajstić information content (AvgIpc) is 3.47. The molecule has 1 amide bonds. The Kier molecular flexibility index (Phi) is 6.01. The first-order valence-electron chi connectivity index (χ1n) is 10.8. The quantitative estimate of drug-likeness (QED) is 0.431. The molecule has 3 aromatic rings. The summed E-state index contributed by atoms with van der Waals surface area (Å²) in [6.45, 7) is 0.361. The SMILES string of the molecule is COc1cc(/C=C2\C(=O)N(c3ccccc3)N=C2C(F)(F)F)ccc1OCc1ccc2c(c1)OCO2. The maximum Gasteiger partial charge on any atom is 0.435 e. The van der Waals surface area contributed by atoms with E-state index in [4.69, 9.17) is 18.9 Å². The molecule has 0 radical (unpaired) electrons. The van der Waals surface area contributed by atoms with E-state index >= 15 is 0 Å². The van der Waals surface area contributed by atoms with Crippen molar-refractivity contribution in [2.24, 2.45) is 5.10 Å². The van der Waals surface area contributed by atoms with E-state index in [9.17, 15) is 18.0 Å². The number of nitrogens with zero attached hydrogens (tertiary/aromatic N) is 2. The number of halogens is 3. The molecule has 0 unspecified atom stereocenters. The Labute approximate surface area is 204 Å². The predicted molar refractivity (Wildman–Crippen MR) is 125 cm³/mol. The minimum absolute atomic E-state index is 0.163. The van der Waals surface area contributed by atoms with E-state index in [1.54, 1.807) is 36.4 Å². The van der Waals surface area contributed by atoms with Gasteiger partial charge in [0.25, 0.3) is 5.91 Å². The van der Waals surface area contributed by atoms with Crippen molar-refractivity contribution in [1.82, 2.24) is 0 Å². The van der Waals surface area contributed by atoms with Gasteiger partial charge in [0.15, 0.2) is 28.7 Å². The number of amides is 1. The normalized spacial score (nSPS) is 15.9. The van der Waals surface area contributed by atoms with Crippen molar-refractivity contribution in [1.29, 1.82) is 0 Å². The minimum atomic E-state index is -4.82. The molecular weight excluding hydrogens is 477 g/mol. The highest BCUT2D eigenvalue weighted by atomic mass is 19.4. The van der Waals surface area contributed by atoms with Crippen LogP contribution < -0.4 is 24.0 Å². The second-order valence-electron chi connectivity index (χ2n) is 7.84. The van der Waals surface area contributed by atoms with E-state index in [0.29, 0.717) is 28.6 Å². The molecule has 10 heteroatoms. The van der Waals surface area contributed by atoms with Gasteiger partial charge in [-0.15, -0.1) is 0 Å². The largest absolute Gasteiger partial charge is 0.493 e. The van der Waals surface area contributed by atoms with Gasteiger partial charge < -0.3 is 18.9 Å². The average molecular weight is 496 g/mol. The van der Waals surface area contributed by atoms with Crippen LogP contribution in [-0.2, 0) is 11.4 Å². The van der Waals surface area contributed by atoms with Gasteiger partial charge in [0.05, 0.1) is 18.4 Å². The third-order valence-corrected chi connectivity index (χ3v) is 5.48. The Hall–Kier alpha value is -4.47. The van der Waals surface area contributed by atoms with Crippen LogP contribution in [0.1, 0.15) is 11.1 Å². The molecule has 0 bridgehead atoms. The lowest BCUT2D eigenvalue weighted by Crippen LogP contribution is -2.25. The van der Waals surface area contributed by atoms with Crippen LogP contribution >= 0.6 is 0 Å². The Balaban J connectivity index is 1.40. The zero-order valence-electron chi connectivity index (χ0n) is 18.9. The Morgan fingerprint density at radius 1 is 1.00 bits per heavy atom. The highest BCUT2D eigenvalue weighted by Gasteiger charge is 2.46. The van der Waals surface area contributed by atoms with Gasteiger partial charge in [0, 0.05) is 0 Å². The summed E-state index contributed by atoms with van der Waals surface area (Å²) in [6.07, 6.45) is -3.68. The van der Waals surface area contributed by atoms with Crippen LogP contribution in [-0.4, -0.2) is 31.7 Å². The number of hydrogen-bond acceptors (Lipinski definition) is 6. The van der Waals surface area contributed by atoms with Gasteiger partial charge in [0.1, 0.15) is 6.61 Å². The number of carbonyl (C=O) groups is 1. The fourth-order valence-electron chi connectivity index (χ4n) is 3.75. The highest BCUT2D eigenvalue weighted by molar-refractivity contribution is 6.34. The number of benzene rings is 3. The molecule has 0 aliphatic carbocycles. The van der Waals surface area contributed by atoms with Crippen LogP contribution in [0.3, 0.4) is 0 Å². The Bertz CT molecular complexity index is 1370. The van der Waals surface area contributed by atoms with E-state index in [2.05, 4.69) is 5.10 Å². The maximum absolute atomic E-state index is 13.7. The third kappa shape index (κ3) is 4.57. The molecule has 0 saturated heterocycles. The molecule has 0 atom stereocenters. The summed E-state index contributed by atoms with van der Waals surface area (Å²) in [4.78, 5) is 12.9. The zero-order valence-corrected chi connectivity index (χ0v) is 18.9. The van der Waals surface area contributed by atoms with Gasteiger partial charge in [-0.2, -0.15) is 23.3 Å². The lowest BCUT2D eigenvalue weighted by Gasteiger charge is -2.12. The van der Waals surface area contributed by atoms with Gasteiger partial charge in [-0.1, -0.05) is 30.3 Å². The van der Waals surface area contributed by atoms with Crippen molar-refractivity contribution in [3.63, 3.8) is 0 Å². The monoisotopic (exact) mass is 496 g/mol. The smallest absolute Gasteiger partial charge is 0.435 e. The third-order valence-electron chi connectivity index (χ3n) is 5.48. The van der Waals surface area contributed by atoms with Crippen molar-refractivity contribution in [3.05, 3.63) is 83.4 Å². The summed E-state index contributed by atoms with van der Waals surface area (Å²) in [5.41, 5.74) is -0.452.